The molecular formula is C12H20N2O4. The Kier molecular flexibility index (Phi) is 4.54. The Hall–Kier alpha value is -1.14. The zero-order valence-corrected chi connectivity index (χ0v) is 10.4. The summed E-state index contributed by atoms with van der Waals surface area (Å²) >= 11 is 0. The number of amides is 1. The molecule has 18 heavy (non-hydrogen) atoms. The number of carbonyl (C=O) groups is 2. The van der Waals surface area contributed by atoms with Crippen LogP contribution in [0.15, 0.2) is 0 Å². The molecule has 1 aliphatic carbocycles. The third kappa shape index (κ3) is 3.20. The molecular weight excluding hydrogens is 236 g/mol. The molecule has 1 heterocycles. The Morgan fingerprint density at radius 2 is 2.06 bits per heavy atom. The number of carbonyl (C=O) groups excluding carboxylic acids is 1. The van der Waals surface area contributed by atoms with E-state index < -0.39 is 12.1 Å². The van der Waals surface area contributed by atoms with Gasteiger partial charge < -0.3 is 20.1 Å². The maximum atomic E-state index is 12.3. The van der Waals surface area contributed by atoms with Crippen molar-refractivity contribution in [1.29, 1.82) is 0 Å². The molecule has 1 unspecified atom stereocenters. The number of hydrogen-bond donors (Lipinski definition) is 2. The van der Waals surface area contributed by atoms with Crippen molar-refractivity contribution in [3.8, 4) is 0 Å². The van der Waals surface area contributed by atoms with E-state index in [-0.39, 0.29) is 18.5 Å². The fourth-order valence-electron chi connectivity index (χ4n) is 2.66. The monoisotopic (exact) mass is 256 g/mol. The van der Waals surface area contributed by atoms with Gasteiger partial charge in [-0.05, 0) is 12.8 Å². The Bertz CT molecular complexity index is 309. The highest BCUT2D eigenvalue weighted by Crippen LogP contribution is 2.24. The molecule has 6 heteroatoms. The lowest BCUT2D eigenvalue weighted by Crippen LogP contribution is -2.53. The van der Waals surface area contributed by atoms with Gasteiger partial charge in [0.15, 0.2) is 0 Å². The Morgan fingerprint density at radius 3 is 2.61 bits per heavy atom. The minimum Gasteiger partial charge on any atom is -0.480 e. The van der Waals surface area contributed by atoms with Crippen molar-refractivity contribution in [3.05, 3.63) is 0 Å². The number of morpholine rings is 1. The van der Waals surface area contributed by atoms with Gasteiger partial charge in [0.1, 0.15) is 12.6 Å². The predicted molar refractivity (Wildman–Crippen MR) is 64.2 cm³/mol. The Morgan fingerprint density at radius 1 is 1.33 bits per heavy atom. The molecule has 2 rings (SSSR count). The molecule has 2 aliphatic rings. The van der Waals surface area contributed by atoms with Gasteiger partial charge in [-0.3, -0.25) is 9.59 Å². The van der Waals surface area contributed by atoms with E-state index in [4.69, 9.17) is 9.84 Å². The van der Waals surface area contributed by atoms with E-state index in [0.717, 1.165) is 32.2 Å². The van der Waals surface area contributed by atoms with E-state index in [1.165, 1.54) is 4.90 Å². The molecule has 0 radical (unpaired) electrons. The molecule has 0 aromatic heterocycles. The molecule has 0 spiro atoms. The van der Waals surface area contributed by atoms with Crippen molar-refractivity contribution in [1.82, 2.24) is 10.2 Å². The van der Waals surface area contributed by atoms with Crippen LogP contribution >= 0.6 is 0 Å². The number of hydrogen-bond acceptors (Lipinski definition) is 4. The van der Waals surface area contributed by atoms with Gasteiger partial charge in [0.2, 0.25) is 0 Å². The van der Waals surface area contributed by atoms with Crippen molar-refractivity contribution in [2.24, 2.45) is 0 Å². The SMILES string of the molecule is O=C(O)CN(C(=O)C1CNCCO1)C1CCCC1. The van der Waals surface area contributed by atoms with Crippen LogP contribution in [0.2, 0.25) is 0 Å². The normalized spacial score (nSPS) is 25.0. The summed E-state index contributed by atoms with van der Waals surface area (Å²) in [6.45, 7) is 1.50. The van der Waals surface area contributed by atoms with Crippen LogP contribution in [0.5, 0.6) is 0 Å². The second kappa shape index (κ2) is 6.15. The van der Waals surface area contributed by atoms with Crippen LogP contribution in [-0.2, 0) is 14.3 Å². The maximum absolute atomic E-state index is 12.3. The lowest BCUT2D eigenvalue weighted by atomic mass is 10.1. The number of nitrogens with one attached hydrogen (secondary N) is 1. The van der Waals surface area contributed by atoms with Crippen LogP contribution in [0.1, 0.15) is 25.7 Å². The molecule has 2 N–H and O–H groups in total. The van der Waals surface area contributed by atoms with Gasteiger partial charge in [-0.15, -0.1) is 0 Å². The first kappa shape index (κ1) is 13.3. The van der Waals surface area contributed by atoms with Crippen LogP contribution in [0.25, 0.3) is 0 Å². The predicted octanol–water partition coefficient (Wildman–Crippen LogP) is -0.169. The van der Waals surface area contributed by atoms with Crippen LogP contribution in [0.3, 0.4) is 0 Å². The molecule has 1 amide bonds. The Labute approximate surface area is 106 Å². The lowest BCUT2D eigenvalue weighted by Gasteiger charge is -2.32. The molecule has 1 saturated carbocycles. The second-order valence-corrected chi connectivity index (χ2v) is 4.86. The molecule has 6 nitrogen and oxygen atoms in total. The highest BCUT2D eigenvalue weighted by molar-refractivity contribution is 5.85. The summed E-state index contributed by atoms with van der Waals surface area (Å²) in [4.78, 5) is 24.7. The molecule has 2 fully saturated rings. The second-order valence-electron chi connectivity index (χ2n) is 4.86. The van der Waals surface area contributed by atoms with E-state index in [1.54, 1.807) is 0 Å². The molecule has 102 valence electrons. The number of rotatable bonds is 4. The van der Waals surface area contributed by atoms with Crippen LogP contribution in [0.4, 0.5) is 0 Å². The van der Waals surface area contributed by atoms with Crippen molar-refractivity contribution >= 4 is 11.9 Å². The number of nitrogens with zero attached hydrogens (tertiary/aromatic N) is 1. The average molecular weight is 256 g/mol. The van der Waals surface area contributed by atoms with E-state index in [9.17, 15) is 9.59 Å². The first-order valence-electron chi connectivity index (χ1n) is 6.53. The summed E-state index contributed by atoms with van der Waals surface area (Å²) in [7, 11) is 0. The fraction of sp³-hybridized carbons (Fsp3) is 0.833. The van der Waals surface area contributed by atoms with Crippen molar-refractivity contribution in [3.63, 3.8) is 0 Å². The van der Waals surface area contributed by atoms with Gasteiger partial charge in [-0.2, -0.15) is 0 Å². The molecule has 0 aromatic rings. The lowest BCUT2D eigenvalue weighted by molar-refractivity contribution is -0.154. The van der Waals surface area contributed by atoms with E-state index in [2.05, 4.69) is 5.32 Å². The molecule has 1 atom stereocenters. The largest absolute Gasteiger partial charge is 0.480 e. The first-order chi connectivity index (χ1) is 8.68. The third-order valence-electron chi connectivity index (χ3n) is 3.56. The van der Waals surface area contributed by atoms with Gasteiger partial charge in [0.05, 0.1) is 6.61 Å². The number of ether oxygens (including phenoxy) is 1. The van der Waals surface area contributed by atoms with Crippen LogP contribution < -0.4 is 5.32 Å². The van der Waals surface area contributed by atoms with E-state index in [1.807, 2.05) is 0 Å². The zero-order chi connectivity index (χ0) is 13.0. The molecule has 0 aromatic carbocycles. The third-order valence-corrected chi connectivity index (χ3v) is 3.56. The smallest absolute Gasteiger partial charge is 0.323 e. The van der Waals surface area contributed by atoms with Crippen LogP contribution in [-0.4, -0.2) is 60.3 Å². The minimum absolute atomic E-state index is 0.0686. The highest BCUT2D eigenvalue weighted by Gasteiger charge is 2.33. The van der Waals surface area contributed by atoms with Crippen molar-refractivity contribution in [2.45, 2.75) is 37.8 Å². The van der Waals surface area contributed by atoms with Gasteiger partial charge in [0.25, 0.3) is 5.91 Å². The minimum atomic E-state index is -0.959. The summed E-state index contributed by atoms with van der Waals surface area (Å²) < 4.78 is 5.42. The topological polar surface area (TPSA) is 78.9 Å². The highest BCUT2D eigenvalue weighted by atomic mass is 16.5. The van der Waals surface area contributed by atoms with Gasteiger partial charge in [0, 0.05) is 19.1 Å². The van der Waals surface area contributed by atoms with Gasteiger partial charge in [-0.1, -0.05) is 12.8 Å². The Balaban J connectivity index is 2.01. The van der Waals surface area contributed by atoms with E-state index in [0.29, 0.717) is 13.2 Å². The van der Waals surface area contributed by atoms with E-state index >= 15 is 0 Å². The first-order valence-corrected chi connectivity index (χ1v) is 6.53. The summed E-state index contributed by atoms with van der Waals surface area (Å²) in [5, 5.41) is 12.0. The van der Waals surface area contributed by atoms with Crippen LogP contribution in [0, 0.1) is 0 Å². The quantitative estimate of drug-likeness (QED) is 0.730. The zero-order valence-electron chi connectivity index (χ0n) is 10.4. The van der Waals surface area contributed by atoms with Gasteiger partial charge in [-0.25, -0.2) is 0 Å². The fourth-order valence-corrected chi connectivity index (χ4v) is 2.66. The van der Waals surface area contributed by atoms with Gasteiger partial charge >= 0.3 is 5.97 Å². The van der Waals surface area contributed by atoms with Crippen molar-refractivity contribution < 1.29 is 19.4 Å². The van der Waals surface area contributed by atoms with Crippen molar-refractivity contribution in [2.75, 3.05) is 26.2 Å². The summed E-state index contributed by atoms with van der Waals surface area (Å²) in [6, 6.07) is 0.0686. The summed E-state index contributed by atoms with van der Waals surface area (Å²) in [6.07, 6.45) is 3.41. The number of carboxylic acids is 1. The maximum Gasteiger partial charge on any atom is 0.323 e. The average Bonchev–Trinajstić information content (AvgIpc) is 2.89. The number of carboxylic acid groups (broad SMARTS) is 1. The molecule has 1 saturated heterocycles. The molecule has 1 aliphatic heterocycles. The molecule has 0 bridgehead atoms. The summed E-state index contributed by atoms with van der Waals surface area (Å²) in [5.74, 6) is -1.14. The standard InChI is InChI=1S/C12H20N2O4/c15-11(16)8-14(9-3-1-2-4-9)12(17)10-7-13-5-6-18-10/h9-10,13H,1-8H2,(H,15,16). The summed E-state index contributed by atoms with van der Waals surface area (Å²) in [5.41, 5.74) is 0. The number of aliphatic carboxylic acids is 1.